The summed E-state index contributed by atoms with van der Waals surface area (Å²) in [5.41, 5.74) is 3.37. The van der Waals surface area contributed by atoms with E-state index in [2.05, 4.69) is 47.9 Å². The number of halogens is 1. The first kappa shape index (κ1) is 16.4. The minimum absolute atomic E-state index is 0.228. The molecule has 0 aliphatic carbocycles. The van der Waals surface area contributed by atoms with Crippen molar-refractivity contribution in [3.05, 3.63) is 46.2 Å². The Kier molecular flexibility index (Phi) is 5.73. The summed E-state index contributed by atoms with van der Waals surface area (Å²) in [4.78, 5) is 1.30. The van der Waals surface area contributed by atoms with Crippen molar-refractivity contribution in [1.29, 1.82) is 0 Å². The van der Waals surface area contributed by atoms with Crippen molar-refractivity contribution in [2.24, 2.45) is 7.05 Å². The molecule has 1 unspecified atom stereocenters. The van der Waals surface area contributed by atoms with Gasteiger partial charge >= 0.3 is 0 Å². The minimum atomic E-state index is 0.228. The van der Waals surface area contributed by atoms with Crippen LogP contribution in [0.4, 0.5) is 0 Å². The number of nitrogens with one attached hydrogen (secondary N) is 1. The highest BCUT2D eigenvalue weighted by molar-refractivity contribution is 7.98. The summed E-state index contributed by atoms with van der Waals surface area (Å²) < 4.78 is 1.91. The van der Waals surface area contributed by atoms with Gasteiger partial charge in [-0.15, -0.1) is 11.8 Å². The molecule has 1 aromatic carbocycles. The molecule has 21 heavy (non-hydrogen) atoms. The lowest BCUT2D eigenvalue weighted by Crippen LogP contribution is -2.21. The lowest BCUT2D eigenvalue weighted by Gasteiger charge is -2.19. The standard InChI is InChI=1S/C16H22ClN3S/c1-5-12-16(17)14(20(3)19-12)10-13(18-2)11-8-6-7-9-15(11)21-4/h6-9,13,18H,5,10H2,1-4H3. The van der Waals surface area contributed by atoms with Gasteiger partial charge in [-0.25, -0.2) is 0 Å². The second-order valence-corrected chi connectivity index (χ2v) is 6.20. The van der Waals surface area contributed by atoms with Gasteiger partial charge in [0.25, 0.3) is 0 Å². The van der Waals surface area contributed by atoms with E-state index in [0.717, 1.165) is 29.3 Å². The Balaban J connectivity index is 2.34. The molecular weight excluding hydrogens is 302 g/mol. The largest absolute Gasteiger partial charge is 0.313 e. The van der Waals surface area contributed by atoms with E-state index in [-0.39, 0.29) is 6.04 Å². The topological polar surface area (TPSA) is 29.9 Å². The summed E-state index contributed by atoms with van der Waals surface area (Å²) >= 11 is 8.25. The molecule has 5 heteroatoms. The zero-order valence-electron chi connectivity index (χ0n) is 13.0. The number of aromatic nitrogens is 2. The van der Waals surface area contributed by atoms with Crippen LogP contribution in [0.2, 0.25) is 5.02 Å². The summed E-state index contributed by atoms with van der Waals surface area (Å²) in [6.45, 7) is 2.08. The average Bonchev–Trinajstić information content (AvgIpc) is 2.79. The van der Waals surface area contributed by atoms with Gasteiger partial charge in [-0.1, -0.05) is 36.7 Å². The predicted octanol–water partition coefficient (Wildman–Crippen LogP) is 3.86. The van der Waals surface area contributed by atoms with Gasteiger partial charge in [0.2, 0.25) is 0 Å². The van der Waals surface area contributed by atoms with Gasteiger partial charge in [-0.2, -0.15) is 5.10 Å². The first-order valence-electron chi connectivity index (χ1n) is 7.12. The molecule has 0 saturated heterocycles. The SMILES string of the molecule is CCc1nn(C)c(CC(NC)c2ccccc2SC)c1Cl. The van der Waals surface area contributed by atoms with Crippen molar-refractivity contribution in [3.8, 4) is 0 Å². The summed E-state index contributed by atoms with van der Waals surface area (Å²) in [5, 5.41) is 8.72. The van der Waals surface area contributed by atoms with Gasteiger partial charge in [0.15, 0.2) is 0 Å². The fourth-order valence-electron chi connectivity index (χ4n) is 2.56. The van der Waals surface area contributed by atoms with Gasteiger partial charge in [0.1, 0.15) is 0 Å². The second kappa shape index (κ2) is 7.34. The third kappa shape index (κ3) is 3.44. The number of likely N-dealkylation sites (N-methyl/N-ethyl adjacent to an activating group) is 1. The summed E-state index contributed by atoms with van der Waals surface area (Å²) in [5.74, 6) is 0. The van der Waals surface area contributed by atoms with Crippen molar-refractivity contribution < 1.29 is 0 Å². The molecule has 0 fully saturated rings. The van der Waals surface area contributed by atoms with Crippen LogP contribution in [-0.2, 0) is 19.9 Å². The van der Waals surface area contributed by atoms with E-state index in [1.165, 1.54) is 10.5 Å². The molecule has 114 valence electrons. The van der Waals surface area contributed by atoms with Crippen LogP contribution in [0.25, 0.3) is 0 Å². The molecule has 1 heterocycles. The van der Waals surface area contributed by atoms with E-state index in [1.54, 1.807) is 11.8 Å². The molecular formula is C16H22ClN3S. The van der Waals surface area contributed by atoms with E-state index in [4.69, 9.17) is 11.6 Å². The monoisotopic (exact) mass is 323 g/mol. The molecule has 2 aromatic rings. The van der Waals surface area contributed by atoms with Crippen LogP contribution >= 0.6 is 23.4 Å². The highest BCUT2D eigenvalue weighted by Gasteiger charge is 2.19. The van der Waals surface area contributed by atoms with Gasteiger partial charge in [-0.05, 0) is 31.4 Å². The fraction of sp³-hybridized carbons (Fsp3) is 0.438. The Morgan fingerprint density at radius 1 is 1.38 bits per heavy atom. The van der Waals surface area contributed by atoms with Crippen LogP contribution in [0.15, 0.2) is 29.2 Å². The van der Waals surface area contributed by atoms with Crippen molar-refractivity contribution in [1.82, 2.24) is 15.1 Å². The van der Waals surface area contributed by atoms with E-state index < -0.39 is 0 Å². The maximum Gasteiger partial charge on any atom is 0.0850 e. The van der Waals surface area contributed by atoms with Crippen LogP contribution in [0.5, 0.6) is 0 Å². The van der Waals surface area contributed by atoms with Gasteiger partial charge < -0.3 is 5.32 Å². The molecule has 1 N–H and O–H groups in total. The molecule has 1 atom stereocenters. The number of thioether (sulfide) groups is 1. The first-order chi connectivity index (χ1) is 10.1. The summed E-state index contributed by atoms with van der Waals surface area (Å²) in [6, 6.07) is 8.73. The third-order valence-corrected chi connectivity index (χ3v) is 5.01. The van der Waals surface area contributed by atoms with E-state index in [0.29, 0.717) is 0 Å². The number of hydrogen-bond donors (Lipinski definition) is 1. The Hall–Kier alpha value is -0.970. The number of nitrogens with zero attached hydrogens (tertiary/aromatic N) is 2. The van der Waals surface area contributed by atoms with E-state index in [9.17, 15) is 0 Å². The van der Waals surface area contributed by atoms with Gasteiger partial charge in [0.05, 0.1) is 16.4 Å². The highest BCUT2D eigenvalue weighted by Crippen LogP contribution is 2.30. The van der Waals surface area contributed by atoms with Crippen LogP contribution in [0, 0.1) is 0 Å². The van der Waals surface area contributed by atoms with Crippen LogP contribution in [0.1, 0.15) is 29.9 Å². The minimum Gasteiger partial charge on any atom is -0.313 e. The predicted molar refractivity (Wildman–Crippen MR) is 91.3 cm³/mol. The Morgan fingerprint density at radius 2 is 2.10 bits per heavy atom. The van der Waals surface area contributed by atoms with Crippen LogP contribution in [0.3, 0.4) is 0 Å². The zero-order chi connectivity index (χ0) is 15.4. The molecule has 0 spiro atoms. The summed E-state index contributed by atoms with van der Waals surface area (Å²) in [6.07, 6.45) is 3.80. The molecule has 0 saturated carbocycles. The van der Waals surface area contributed by atoms with Crippen molar-refractivity contribution in [3.63, 3.8) is 0 Å². The Morgan fingerprint density at radius 3 is 2.67 bits per heavy atom. The lowest BCUT2D eigenvalue weighted by molar-refractivity contribution is 0.554. The van der Waals surface area contributed by atoms with Crippen molar-refractivity contribution in [2.75, 3.05) is 13.3 Å². The lowest BCUT2D eigenvalue weighted by atomic mass is 10.0. The number of rotatable bonds is 6. The molecule has 0 amide bonds. The van der Waals surface area contributed by atoms with E-state index >= 15 is 0 Å². The van der Waals surface area contributed by atoms with Crippen LogP contribution < -0.4 is 5.32 Å². The summed E-state index contributed by atoms with van der Waals surface area (Å²) in [7, 11) is 3.96. The number of benzene rings is 1. The molecule has 0 bridgehead atoms. The smallest absolute Gasteiger partial charge is 0.0850 e. The molecule has 0 aliphatic rings. The van der Waals surface area contributed by atoms with Crippen molar-refractivity contribution >= 4 is 23.4 Å². The third-order valence-electron chi connectivity index (χ3n) is 3.76. The number of aryl methyl sites for hydroxylation is 2. The second-order valence-electron chi connectivity index (χ2n) is 4.97. The Labute approximate surface area is 136 Å². The maximum absolute atomic E-state index is 6.48. The Bertz CT molecular complexity index is 610. The quantitative estimate of drug-likeness (QED) is 0.819. The molecule has 1 aromatic heterocycles. The number of hydrogen-bond acceptors (Lipinski definition) is 3. The van der Waals surface area contributed by atoms with Gasteiger partial charge in [0, 0.05) is 24.4 Å². The molecule has 0 aliphatic heterocycles. The zero-order valence-corrected chi connectivity index (χ0v) is 14.6. The van der Waals surface area contributed by atoms with Crippen LogP contribution in [-0.4, -0.2) is 23.1 Å². The van der Waals surface area contributed by atoms with Crippen molar-refractivity contribution in [2.45, 2.75) is 30.7 Å². The highest BCUT2D eigenvalue weighted by atomic mass is 35.5. The molecule has 2 rings (SSSR count). The average molecular weight is 324 g/mol. The fourth-order valence-corrected chi connectivity index (χ4v) is 3.59. The normalized spacial score (nSPS) is 12.6. The maximum atomic E-state index is 6.48. The first-order valence-corrected chi connectivity index (χ1v) is 8.73. The van der Waals surface area contributed by atoms with Gasteiger partial charge in [-0.3, -0.25) is 4.68 Å². The van der Waals surface area contributed by atoms with E-state index in [1.807, 2.05) is 18.8 Å². The molecule has 0 radical (unpaired) electrons. The molecule has 3 nitrogen and oxygen atoms in total.